The van der Waals surface area contributed by atoms with E-state index in [4.69, 9.17) is 29.8 Å². The number of aromatic nitrogens is 2. The van der Waals surface area contributed by atoms with Gasteiger partial charge in [-0.05, 0) is 25.0 Å². The Morgan fingerprint density at radius 3 is 2.49 bits per heavy atom. The van der Waals surface area contributed by atoms with E-state index in [1.165, 1.54) is 32.6 Å². The Morgan fingerprint density at radius 1 is 1.07 bits per heavy atom. The molecular formula is C27H23Cl2N5O6S. The van der Waals surface area contributed by atoms with Gasteiger partial charge in [-0.1, -0.05) is 53.5 Å². The van der Waals surface area contributed by atoms with Crippen LogP contribution < -0.4 is 5.56 Å². The molecule has 11 nitrogen and oxygen atoms in total. The summed E-state index contributed by atoms with van der Waals surface area (Å²) < 4.78 is 27.4. The van der Waals surface area contributed by atoms with Crippen LogP contribution in [0, 0.1) is 6.57 Å². The molecule has 1 saturated heterocycles. The van der Waals surface area contributed by atoms with Gasteiger partial charge in [-0.15, -0.1) is 0 Å². The van der Waals surface area contributed by atoms with Crippen molar-refractivity contribution in [2.45, 2.75) is 30.3 Å². The number of hydrogen-bond acceptors (Lipinski definition) is 7. The molecule has 0 radical (unpaired) electrons. The Balaban J connectivity index is 1.45. The largest absolute Gasteiger partial charge is 0.501 e. The molecule has 0 saturated carbocycles. The second kappa shape index (κ2) is 11.2. The van der Waals surface area contributed by atoms with Crippen LogP contribution in [0.1, 0.15) is 45.6 Å². The highest BCUT2D eigenvalue weighted by Crippen LogP contribution is 2.36. The van der Waals surface area contributed by atoms with Crippen molar-refractivity contribution in [3.05, 3.63) is 91.4 Å². The van der Waals surface area contributed by atoms with Gasteiger partial charge in [-0.25, -0.2) is 13.3 Å². The lowest BCUT2D eigenvalue weighted by Gasteiger charge is -2.34. The molecule has 2 aromatic carbocycles. The average Bonchev–Trinajstić information content (AvgIpc) is 3.44. The number of aromatic hydroxyl groups is 1. The first-order valence-electron chi connectivity index (χ1n) is 12.6. The molecule has 0 aliphatic carbocycles. The fourth-order valence-corrected chi connectivity index (χ4v) is 7.18. The lowest BCUT2D eigenvalue weighted by molar-refractivity contribution is 0.0689. The Morgan fingerprint density at radius 2 is 1.78 bits per heavy atom. The average molecular weight is 616 g/mol. The molecule has 3 heterocycles. The number of nitrogens with zero attached hydrogens (tertiary/aromatic N) is 5. The third-order valence-corrected chi connectivity index (χ3v) is 9.58. The summed E-state index contributed by atoms with van der Waals surface area (Å²) in [6.07, 6.45) is 1.04. The Hall–Kier alpha value is -3.92. The van der Waals surface area contributed by atoms with E-state index in [2.05, 4.69) is 9.83 Å². The van der Waals surface area contributed by atoms with Crippen LogP contribution in [0.3, 0.4) is 0 Å². The molecule has 212 valence electrons. The van der Waals surface area contributed by atoms with Crippen LogP contribution in [0.5, 0.6) is 5.75 Å². The molecular weight excluding hydrogens is 593 g/mol. The van der Waals surface area contributed by atoms with Crippen molar-refractivity contribution in [2.75, 3.05) is 25.4 Å². The van der Waals surface area contributed by atoms with Crippen molar-refractivity contribution in [1.29, 1.82) is 0 Å². The number of hydrogen-bond donors (Lipinski definition) is 1. The van der Waals surface area contributed by atoms with Crippen molar-refractivity contribution in [3.63, 3.8) is 0 Å². The molecule has 1 atom stereocenters. The van der Waals surface area contributed by atoms with E-state index < -0.39 is 44.8 Å². The minimum absolute atomic E-state index is 0.0172. The standard InChI is InChI=1S/C27H23Cl2N5O6S/c1-30-18-8-2-3-10-20(18)41(39,40)15-14-32-12-13-34-22(27(32)38)23(35)25(36)31-24(34)19-9-5-11-33(19)26(37)21-16(28)6-4-7-17(21)29/h2-4,6-8,10,19,35H,5,9,11-15H2/t19-/m0/s1. The molecule has 3 aromatic rings. The first-order chi connectivity index (χ1) is 19.5. The van der Waals surface area contributed by atoms with Gasteiger partial charge in [0, 0.05) is 26.2 Å². The third-order valence-electron chi connectivity index (χ3n) is 7.21. The van der Waals surface area contributed by atoms with E-state index in [0.717, 1.165) is 0 Å². The van der Waals surface area contributed by atoms with Crippen LogP contribution in [0.15, 0.2) is 52.2 Å². The van der Waals surface area contributed by atoms with Crippen LogP contribution in [-0.2, 0) is 16.4 Å². The summed E-state index contributed by atoms with van der Waals surface area (Å²) in [7, 11) is -3.91. The second-order valence-corrected chi connectivity index (χ2v) is 12.5. The topological polar surface area (TPSA) is 134 Å². The molecule has 2 aliphatic heterocycles. The monoisotopic (exact) mass is 615 g/mol. The molecule has 1 fully saturated rings. The predicted molar refractivity (Wildman–Crippen MR) is 150 cm³/mol. The second-order valence-electron chi connectivity index (χ2n) is 9.57. The summed E-state index contributed by atoms with van der Waals surface area (Å²) >= 11 is 12.5. The van der Waals surface area contributed by atoms with Crippen LogP contribution in [0.4, 0.5) is 5.69 Å². The normalized spacial score (nSPS) is 16.9. The highest BCUT2D eigenvalue weighted by Gasteiger charge is 2.39. The van der Waals surface area contributed by atoms with Gasteiger partial charge < -0.3 is 19.5 Å². The molecule has 14 heteroatoms. The molecule has 2 amide bonds. The quantitative estimate of drug-likeness (QED) is 0.418. The van der Waals surface area contributed by atoms with Crippen LogP contribution >= 0.6 is 23.2 Å². The molecule has 0 bridgehead atoms. The molecule has 2 aliphatic rings. The van der Waals surface area contributed by atoms with E-state index in [-0.39, 0.29) is 57.3 Å². The van der Waals surface area contributed by atoms with Gasteiger partial charge in [0.25, 0.3) is 11.8 Å². The van der Waals surface area contributed by atoms with E-state index in [9.17, 15) is 27.9 Å². The highest BCUT2D eigenvalue weighted by molar-refractivity contribution is 7.91. The summed E-state index contributed by atoms with van der Waals surface area (Å²) in [5.74, 6) is -2.36. The minimum atomic E-state index is -3.91. The van der Waals surface area contributed by atoms with Gasteiger partial charge in [0.05, 0.1) is 38.9 Å². The zero-order chi connectivity index (χ0) is 29.5. The number of benzene rings is 2. The van der Waals surface area contributed by atoms with E-state index >= 15 is 0 Å². The maximum atomic E-state index is 13.5. The Bertz CT molecular complexity index is 1770. The number of para-hydroxylation sites is 1. The Kier molecular flexibility index (Phi) is 7.78. The smallest absolute Gasteiger partial charge is 0.315 e. The van der Waals surface area contributed by atoms with Crippen LogP contribution in [0.2, 0.25) is 10.0 Å². The van der Waals surface area contributed by atoms with Gasteiger partial charge in [-0.3, -0.25) is 14.4 Å². The molecule has 0 spiro atoms. The van der Waals surface area contributed by atoms with E-state index in [1.807, 2.05) is 0 Å². The number of carbonyl (C=O) groups is 2. The molecule has 0 unspecified atom stereocenters. The lowest BCUT2D eigenvalue weighted by atomic mass is 10.1. The van der Waals surface area contributed by atoms with Crippen LogP contribution in [0.25, 0.3) is 4.85 Å². The molecule has 5 rings (SSSR count). The number of fused-ring (bicyclic) bond motifs is 1. The fourth-order valence-electron chi connectivity index (χ4n) is 5.22. The van der Waals surface area contributed by atoms with E-state index in [0.29, 0.717) is 19.4 Å². The zero-order valence-corrected chi connectivity index (χ0v) is 23.8. The minimum Gasteiger partial charge on any atom is -0.501 e. The SMILES string of the molecule is [C-]#[N+]c1ccccc1S(=O)(=O)CCN1CCn2c([C@@H]3CCCN3C(=O)c3c(Cl)cccc3Cl)nc(=O)c(O)c2C1=O. The third kappa shape index (κ3) is 5.16. The van der Waals surface area contributed by atoms with Gasteiger partial charge in [0.1, 0.15) is 5.82 Å². The molecule has 41 heavy (non-hydrogen) atoms. The highest BCUT2D eigenvalue weighted by atomic mass is 35.5. The van der Waals surface area contributed by atoms with Gasteiger partial charge in [0.2, 0.25) is 11.4 Å². The first kappa shape index (κ1) is 28.6. The summed E-state index contributed by atoms with van der Waals surface area (Å²) in [5, 5.41) is 10.9. The zero-order valence-electron chi connectivity index (χ0n) is 21.5. The van der Waals surface area contributed by atoms with Gasteiger partial charge >= 0.3 is 5.56 Å². The van der Waals surface area contributed by atoms with Gasteiger partial charge in [0.15, 0.2) is 15.5 Å². The summed E-state index contributed by atoms with van der Waals surface area (Å²) in [5.41, 5.74) is -1.25. The molecule has 1 N–H and O–H groups in total. The van der Waals surface area contributed by atoms with Gasteiger partial charge in [-0.2, -0.15) is 4.98 Å². The number of likely N-dealkylation sites (tertiary alicyclic amines) is 1. The number of rotatable bonds is 6. The number of halogens is 2. The summed E-state index contributed by atoms with van der Waals surface area (Å²) in [6, 6.07) is 9.83. The number of amides is 2. The first-order valence-corrected chi connectivity index (χ1v) is 15.0. The summed E-state index contributed by atoms with van der Waals surface area (Å²) in [4.78, 5) is 49.6. The van der Waals surface area contributed by atoms with Crippen LogP contribution in [-0.4, -0.2) is 70.1 Å². The number of sulfone groups is 1. The predicted octanol–water partition coefficient (Wildman–Crippen LogP) is 3.71. The maximum Gasteiger partial charge on any atom is 0.315 e. The van der Waals surface area contributed by atoms with E-state index in [1.54, 1.807) is 24.3 Å². The lowest BCUT2D eigenvalue weighted by Crippen LogP contribution is -2.46. The van der Waals surface area contributed by atoms with Crippen molar-refractivity contribution in [1.82, 2.24) is 19.4 Å². The van der Waals surface area contributed by atoms with Crippen molar-refractivity contribution < 1.29 is 23.1 Å². The maximum absolute atomic E-state index is 13.5. The van der Waals surface area contributed by atoms with Crippen molar-refractivity contribution in [2.24, 2.45) is 0 Å². The fraction of sp³-hybridized carbons (Fsp3) is 0.296. The molecule has 1 aromatic heterocycles. The Labute approximate surface area is 245 Å². The number of carbonyl (C=O) groups excluding carboxylic acids is 2. The summed E-state index contributed by atoms with van der Waals surface area (Å²) in [6.45, 7) is 7.52. The van der Waals surface area contributed by atoms with Crippen molar-refractivity contribution >= 4 is 50.5 Å². The van der Waals surface area contributed by atoms with Crippen molar-refractivity contribution in [3.8, 4) is 5.75 Å².